The molecule has 0 atom stereocenters. The third kappa shape index (κ3) is 2.43. The molecule has 0 aliphatic carbocycles. The molecule has 2 N–H and O–H groups in total. The van der Waals surface area contributed by atoms with Crippen molar-refractivity contribution >= 4 is 11.4 Å². The number of hydrogen-bond acceptors (Lipinski definition) is 4. The molecule has 92 valence electrons. The van der Waals surface area contributed by atoms with Crippen LogP contribution in [0, 0.1) is 11.3 Å². The first-order chi connectivity index (χ1) is 8.60. The highest BCUT2D eigenvalue weighted by Crippen LogP contribution is 2.24. The fraction of sp³-hybridized carbons (Fsp3) is 0.231. The van der Waals surface area contributed by atoms with Crippen LogP contribution in [0.2, 0.25) is 0 Å². The van der Waals surface area contributed by atoms with Crippen molar-refractivity contribution < 1.29 is 0 Å². The Morgan fingerprint density at radius 1 is 1.50 bits per heavy atom. The first-order valence-electron chi connectivity index (χ1n) is 5.58. The molecule has 0 bridgehead atoms. The van der Waals surface area contributed by atoms with Crippen molar-refractivity contribution in [3.63, 3.8) is 0 Å². The molecular formula is C13H15N5. The lowest BCUT2D eigenvalue weighted by molar-refractivity contribution is 0.766. The van der Waals surface area contributed by atoms with Crippen LogP contribution in [0.1, 0.15) is 11.1 Å². The minimum absolute atomic E-state index is 0.609. The van der Waals surface area contributed by atoms with Gasteiger partial charge in [0.05, 0.1) is 29.2 Å². The maximum Gasteiger partial charge on any atom is 0.0992 e. The molecule has 1 aromatic carbocycles. The van der Waals surface area contributed by atoms with E-state index in [0.29, 0.717) is 17.8 Å². The van der Waals surface area contributed by atoms with Crippen molar-refractivity contribution in [3.05, 3.63) is 41.7 Å². The highest BCUT2D eigenvalue weighted by Gasteiger charge is 2.08. The Morgan fingerprint density at radius 3 is 2.89 bits per heavy atom. The molecule has 0 radical (unpaired) electrons. The zero-order valence-corrected chi connectivity index (χ0v) is 10.5. The first-order valence-corrected chi connectivity index (χ1v) is 5.58. The Labute approximate surface area is 106 Å². The molecule has 2 rings (SSSR count). The number of aromatic nitrogens is 2. The molecule has 0 amide bonds. The average molecular weight is 241 g/mol. The summed E-state index contributed by atoms with van der Waals surface area (Å²) in [5, 5.41) is 13.0. The van der Waals surface area contributed by atoms with Crippen LogP contribution in [-0.4, -0.2) is 16.8 Å². The van der Waals surface area contributed by atoms with Crippen LogP contribution in [0.4, 0.5) is 11.4 Å². The molecule has 0 saturated heterocycles. The van der Waals surface area contributed by atoms with Crippen molar-refractivity contribution in [2.24, 2.45) is 7.05 Å². The van der Waals surface area contributed by atoms with Crippen LogP contribution < -0.4 is 10.6 Å². The molecule has 2 aromatic rings. The number of nitrogen functional groups attached to an aromatic ring is 1. The van der Waals surface area contributed by atoms with Crippen LogP contribution in [0.15, 0.2) is 30.6 Å². The quantitative estimate of drug-likeness (QED) is 0.827. The summed E-state index contributed by atoms with van der Waals surface area (Å²) in [5.74, 6) is 0. The Bertz CT molecular complexity index is 594. The predicted molar refractivity (Wildman–Crippen MR) is 70.9 cm³/mol. The normalized spacial score (nSPS) is 10.1. The van der Waals surface area contributed by atoms with Gasteiger partial charge < -0.3 is 10.6 Å². The highest BCUT2D eigenvalue weighted by molar-refractivity contribution is 5.69. The molecule has 18 heavy (non-hydrogen) atoms. The topological polar surface area (TPSA) is 70.9 Å². The van der Waals surface area contributed by atoms with E-state index < -0.39 is 0 Å². The van der Waals surface area contributed by atoms with Crippen LogP contribution in [-0.2, 0) is 13.6 Å². The van der Waals surface area contributed by atoms with E-state index in [2.05, 4.69) is 11.2 Å². The van der Waals surface area contributed by atoms with Crippen LogP contribution in [0.5, 0.6) is 0 Å². The van der Waals surface area contributed by atoms with Gasteiger partial charge in [-0.1, -0.05) is 0 Å². The van der Waals surface area contributed by atoms with E-state index in [4.69, 9.17) is 11.0 Å². The molecule has 0 aliphatic rings. The number of anilines is 2. The smallest absolute Gasteiger partial charge is 0.0992 e. The minimum Gasteiger partial charge on any atom is -0.397 e. The zero-order chi connectivity index (χ0) is 13.1. The third-order valence-electron chi connectivity index (χ3n) is 2.75. The molecule has 1 heterocycles. The van der Waals surface area contributed by atoms with Gasteiger partial charge in [-0.3, -0.25) is 4.68 Å². The summed E-state index contributed by atoms with van der Waals surface area (Å²) in [4.78, 5) is 2.01. The Morgan fingerprint density at radius 2 is 2.28 bits per heavy atom. The van der Waals surface area contributed by atoms with E-state index >= 15 is 0 Å². The maximum absolute atomic E-state index is 8.91. The minimum atomic E-state index is 0.609. The Hall–Kier alpha value is -2.48. The number of aryl methyl sites for hydroxylation is 1. The third-order valence-corrected chi connectivity index (χ3v) is 2.75. The second-order valence-electron chi connectivity index (χ2n) is 4.26. The molecule has 5 nitrogen and oxygen atoms in total. The van der Waals surface area contributed by atoms with E-state index in [-0.39, 0.29) is 0 Å². The van der Waals surface area contributed by atoms with Crippen molar-refractivity contribution in [2.45, 2.75) is 6.54 Å². The van der Waals surface area contributed by atoms with Crippen molar-refractivity contribution in [3.8, 4) is 6.07 Å². The monoisotopic (exact) mass is 241 g/mol. The van der Waals surface area contributed by atoms with E-state index in [9.17, 15) is 0 Å². The number of nitrogens with zero attached hydrogens (tertiary/aromatic N) is 4. The molecule has 0 saturated carbocycles. The number of benzene rings is 1. The number of rotatable bonds is 3. The average Bonchev–Trinajstić information content (AvgIpc) is 2.75. The number of hydrogen-bond donors (Lipinski definition) is 1. The lowest BCUT2D eigenvalue weighted by Crippen LogP contribution is -2.17. The van der Waals surface area contributed by atoms with Crippen molar-refractivity contribution in [1.82, 2.24) is 9.78 Å². The lowest BCUT2D eigenvalue weighted by Gasteiger charge is -2.20. The second-order valence-corrected chi connectivity index (χ2v) is 4.26. The molecule has 0 fully saturated rings. The summed E-state index contributed by atoms with van der Waals surface area (Å²) in [5.41, 5.74) is 9.17. The van der Waals surface area contributed by atoms with E-state index in [1.165, 1.54) is 0 Å². The molecular weight excluding hydrogens is 226 g/mol. The van der Waals surface area contributed by atoms with Crippen LogP contribution in [0.3, 0.4) is 0 Å². The number of nitriles is 1. The largest absolute Gasteiger partial charge is 0.397 e. The van der Waals surface area contributed by atoms with Crippen LogP contribution in [0.25, 0.3) is 0 Å². The highest BCUT2D eigenvalue weighted by atomic mass is 15.2. The van der Waals surface area contributed by atoms with Gasteiger partial charge in [-0.2, -0.15) is 10.4 Å². The summed E-state index contributed by atoms with van der Waals surface area (Å²) in [6.07, 6.45) is 3.78. The number of nitrogens with two attached hydrogens (primary N) is 1. The SMILES string of the molecule is CN(Cc1cnn(C)c1)c1cc(C#N)ccc1N. The standard InChI is InChI=1S/C13H15N5/c1-17(8-11-7-16-18(2)9-11)13-5-10(6-14)3-4-12(13)15/h3-5,7,9H,8,15H2,1-2H3. The molecule has 1 aromatic heterocycles. The van der Waals surface area contributed by atoms with Gasteiger partial charge in [0.1, 0.15) is 0 Å². The zero-order valence-electron chi connectivity index (χ0n) is 10.5. The van der Waals surface area contributed by atoms with Gasteiger partial charge in [0.15, 0.2) is 0 Å². The predicted octanol–water partition coefficient (Wildman–Crippen LogP) is 1.51. The van der Waals surface area contributed by atoms with E-state index in [1.54, 1.807) is 22.9 Å². The van der Waals surface area contributed by atoms with Gasteiger partial charge in [-0.05, 0) is 18.2 Å². The summed E-state index contributed by atoms with van der Waals surface area (Å²) in [6.45, 7) is 0.701. The Kier molecular flexibility index (Phi) is 3.20. The van der Waals surface area contributed by atoms with Gasteiger partial charge in [0.2, 0.25) is 0 Å². The van der Waals surface area contributed by atoms with Gasteiger partial charge in [0.25, 0.3) is 0 Å². The van der Waals surface area contributed by atoms with Gasteiger partial charge in [0, 0.05) is 32.4 Å². The first kappa shape index (κ1) is 12.0. The fourth-order valence-electron chi connectivity index (χ4n) is 1.86. The summed E-state index contributed by atoms with van der Waals surface area (Å²) >= 11 is 0. The summed E-state index contributed by atoms with van der Waals surface area (Å²) < 4.78 is 1.76. The maximum atomic E-state index is 8.91. The Balaban J connectivity index is 2.23. The molecule has 0 aliphatic heterocycles. The summed E-state index contributed by atoms with van der Waals surface area (Å²) in [6, 6.07) is 7.39. The molecule has 0 unspecified atom stereocenters. The lowest BCUT2D eigenvalue weighted by atomic mass is 10.1. The van der Waals surface area contributed by atoms with Gasteiger partial charge >= 0.3 is 0 Å². The van der Waals surface area contributed by atoms with Gasteiger partial charge in [-0.25, -0.2) is 0 Å². The molecule has 5 heteroatoms. The fourth-order valence-corrected chi connectivity index (χ4v) is 1.86. The summed E-state index contributed by atoms with van der Waals surface area (Å²) in [7, 11) is 3.83. The van der Waals surface area contributed by atoms with Crippen LogP contribution >= 0.6 is 0 Å². The molecule has 0 spiro atoms. The second kappa shape index (κ2) is 4.80. The van der Waals surface area contributed by atoms with E-state index in [0.717, 1.165) is 11.3 Å². The van der Waals surface area contributed by atoms with Crippen molar-refractivity contribution in [2.75, 3.05) is 17.7 Å². The van der Waals surface area contributed by atoms with E-state index in [1.807, 2.05) is 31.4 Å². The van der Waals surface area contributed by atoms with Gasteiger partial charge in [-0.15, -0.1) is 0 Å². The van der Waals surface area contributed by atoms with Crippen molar-refractivity contribution in [1.29, 1.82) is 5.26 Å².